The highest BCUT2D eigenvalue weighted by Crippen LogP contribution is 2.58. The lowest BCUT2D eigenvalue weighted by atomic mass is 9.65. The van der Waals surface area contributed by atoms with E-state index in [2.05, 4.69) is 4.74 Å². The number of cyclic esters (lactones) is 1. The zero-order chi connectivity index (χ0) is 52.2. The Balaban J connectivity index is 0.00000109. The number of halogens is 18. The van der Waals surface area contributed by atoms with Gasteiger partial charge in [0.15, 0.2) is 0 Å². The third-order valence-electron chi connectivity index (χ3n) is 11.1. The van der Waals surface area contributed by atoms with Gasteiger partial charge in [-0.2, -0.15) is 79.0 Å². The quantitative estimate of drug-likeness (QED) is 0.117. The lowest BCUT2D eigenvalue weighted by Crippen LogP contribution is -2.67. The van der Waals surface area contributed by atoms with Crippen LogP contribution in [0.25, 0.3) is 0 Å². The Morgan fingerprint density at radius 1 is 0.554 bits per heavy atom. The SMILES string of the molecule is CCC(C)(C)C(=O)OC(C(F)(F)F)C(F)(F)F.CCC(C)(C)C(=O)OC1CC(C(O)(C(F)(F)F)C(F)(F)F)CC(C(O)(C(F)(F)F)C(F)(F)F)C1.CCC(C)(C)C(=O)OC1CCOC1=O. The molecule has 384 valence electrons. The molecule has 0 amide bonds. The first-order valence-electron chi connectivity index (χ1n) is 19.2. The molecule has 1 aliphatic carbocycles. The normalized spacial score (nSPS) is 21.0. The van der Waals surface area contributed by atoms with Crippen LogP contribution in [0.3, 0.4) is 0 Å². The molecule has 2 fully saturated rings. The Morgan fingerprint density at radius 3 is 1.12 bits per heavy atom. The summed E-state index contributed by atoms with van der Waals surface area (Å²) in [7, 11) is 0. The van der Waals surface area contributed by atoms with Crippen molar-refractivity contribution in [3.63, 3.8) is 0 Å². The predicted octanol–water partition coefficient (Wildman–Crippen LogP) is 10.2. The number of carbonyl (C=O) groups excluding carboxylic acids is 4. The highest BCUT2D eigenvalue weighted by atomic mass is 19.4. The molecule has 2 aliphatic rings. The standard InChI is InChI=1S/C18H22F12O4.C10H16O4.C9H12F6O2/c1-4-12(2,3)11(31)34-10-6-8(13(32,15(19,20)21)16(22,23)24)5-9(7-10)14(33,17(25,26)27)18(28,29)30;1-4-10(2,3)9(12)14-7-5-6-13-8(7)11;1-4-7(2,3)6(16)17-5(8(10,11)12)9(13,14)15/h8-10,32-33H,4-7H2,1-3H3;7H,4-6H2,1-3H3;5H,4H2,1-3H3. The second-order valence-corrected chi connectivity index (χ2v) is 17.1. The van der Waals surface area contributed by atoms with Crippen LogP contribution in [-0.2, 0) is 38.1 Å². The zero-order valence-electron chi connectivity index (χ0n) is 36.0. The van der Waals surface area contributed by atoms with Gasteiger partial charge in [-0.25, -0.2) is 4.79 Å². The van der Waals surface area contributed by atoms with Crippen LogP contribution in [0.4, 0.5) is 79.0 Å². The van der Waals surface area contributed by atoms with E-state index in [1.165, 1.54) is 41.5 Å². The average Bonchev–Trinajstić information content (AvgIpc) is 3.53. The van der Waals surface area contributed by atoms with E-state index >= 15 is 0 Å². The van der Waals surface area contributed by atoms with Crippen molar-refractivity contribution in [1.82, 2.24) is 0 Å². The molecule has 2 N–H and O–H groups in total. The summed E-state index contributed by atoms with van der Waals surface area (Å²) in [6.07, 6.45) is -48.9. The molecule has 65 heavy (non-hydrogen) atoms. The first-order valence-corrected chi connectivity index (χ1v) is 19.2. The number of hydrogen-bond acceptors (Lipinski definition) is 10. The van der Waals surface area contributed by atoms with Gasteiger partial charge in [-0.05, 0) is 80.1 Å². The maximum absolute atomic E-state index is 13.3. The van der Waals surface area contributed by atoms with Crippen molar-refractivity contribution in [2.45, 2.75) is 174 Å². The summed E-state index contributed by atoms with van der Waals surface area (Å²) in [5.41, 5.74) is -14.9. The summed E-state index contributed by atoms with van der Waals surface area (Å²) in [6, 6.07) is 0. The van der Waals surface area contributed by atoms with Crippen LogP contribution in [0.15, 0.2) is 0 Å². The van der Waals surface area contributed by atoms with Gasteiger partial charge in [-0.3, -0.25) is 14.4 Å². The van der Waals surface area contributed by atoms with Gasteiger partial charge in [0.1, 0.15) is 6.10 Å². The molecule has 1 heterocycles. The van der Waals surface area contributed by atoms with Crippen molar-refractivity contribution in [2.24, 2.45) is 28.1 Å². The van der Waals surface area contributed by atoms with Gasteiger partial charge in [0.25, 0.3) is 17.3 Å². The molecule has 1 saturated heterocycles. The van der Waals surface area contributed by atoms with Gasteiger partial charge >= 0.3 is 60.9 Å². The fraction of sp³-hybridized carbons (Fsp3) is 0.892. The molecule has 0 aromatic rings. The third kappa shape index (κ3) is 15.0. The van der Waals surface area contributed by atoms with Crippen LogP contribution in [0, 0.1) is 28.1 Å². The van der Waals surface area contributed by atoms with Crippen molar-refractivity contribution in [3.05, 3.63) is 0 Å². The molecule has 0 spiro atoms. The van der Waals surface area contributed by atoms with E-state index in [1.807, 2.05) is 6.92 Å². The maximum atomic E-state index is 13.3. The van der Waals surface area contributed by atoms with E-state index < -0.39 is 132 Å². The second kappa shape index (κ2) is 20.8. The van der Waals surface area contributed by atoms with Gasteiger partial charge in [-0.15, -0.1) is 0 Å². The molecule has 0 aromatic carbocycles. The Labute approximate surface area is 360 Å². The zero-order valence-corrected chi connectivity index (χ0v) is 36.0. The molecule has 2 rings (SSSR count). The molecule has 28 heteroatoms. The van der Waals surface area contributed by atoms with Crippen LogP contribution in [0.5, 0.6) is 0 Å². The van der Waals surface area contributed by atoms with E-state index in [0.29, 0.717) is 19.4 Å². The average molecular weight is 997 g/mol. The molecular weight excluding hydrogens is 946 g/mol. The first-order chi connectivity index (χ1) is 28.6. The molecule has 1 saturated carbocycles. The smallest absolute Gasteiger partial charge is 0.434 e. The van der Waals surface area contributed by atoms with Crippen molar-refractivity contribution in [3.8, 4) is 0 Å². The van der Waals surface area contributed by atoms with E-state index in [4.69, 9.17) is 14.2 Å². The fourth-order valence-electron chi connectivity index (χ4n) is 5.50. The number of hydrogen-bond donors (Lipinski definition) is 2. The van der Waals surface area contributed by atoms with Gasteiger partial charge in [0.05, 0.1) is 22.9 Å². The van der Waals surface area contributed by atoms with Gasteiger partial charge < -0.3 is 29.2 Å². The summed E-state index contributed by atoms with van der Waals surface area (Å²) in [4.78, 5) is 46.0. The third-order valence-corrected chi connectivity index (χ3v) is 11.1. The minimum atomic E-state index is -6.58. The van der Waals surface area contributed by atoms with E-state index in [0.717, 1.165) is 0 Å². The minimum Gasteiger partial charge on any atom is -0.463 e. The maximum Gasteiger partial charge on any atom is 0.434 e. The summed E-state index contributed by atoms with van der Waals surface area (Å²) >= 11 is 0. The molecule has 1 aliphatic heterocycles. The Hall–Kier alpha value is -3.46. The van der Waals surface area contributed by atoms with Crippen LogP contribution in [0.2, 0.25) is 0 Å². The lowest BCUT2D eigenvalue weighted by Gasteiger charge is -2.48. The van der Waals surface area contributed by atoms with Crippen molar-refractivity contribution in [1.29, 1.82) is 0 Å². The molecule has 0 aromatic heterocycles. The topological polar surface area (TPSA) is 146 Å². The minimum absolute atomic E-state index is 0.0184. The van der Waals surface area contributed by atoms with Crippen LogP contribution >= 0.6 is 0 Å². The molecule has 0 radical (unpaired) electrons. The van der Waals surface area contributed by atoms with Gasteiger partial charge in [0, 0.05) is 18.3 Å². The van der Waals surface area contributed by atoms with E-state index in [9.17, 15) is 108 Å². The van der Waals surface area contributed by atoms with E-state index in [1.54, 1.807) is 13.8 Å². The van der Waals surface area contributed by atoms with Crippen LogP contribution in [0.1, 0.15) is 107 Å². The van der Waals surface area contributed by atoms with Gasteiger partial charge in [0.2, 0.25) is 6.10 Å². The predicted molar refractivity (Wildman–Crippen MR) is 184 cm³/mol. The van der Waals surface area contributed by atoms with Gasteiger partial charge in [-0.1, -0.05) is 20.8 Å². The number of aliphatic hydroxyl groups is 2. The second-order valence-electron chi connectivity index (χ2n) is 17.1. The molecular formula is C37H50F18O10. The van der Waals surface area contributed by atoms with Crippen LogP contribution < -0.4 is 0 Å². The number of esters is 4. The lowest BCUT2D eigenvalue weighted by molar-refractivity contribution is -0.405. The summed E-state index contributed by atoms with van der Waals surface area (Å²) in [5.74, 6) is -10.3. The van der Waals surface area contributed by atoms with Crippen molar-refractivity contribution in [2.75, 3.05) is 6.61 Å². The summed E-state index contributed by atoms with van der Waals surface area (Å²) < 4.78 is 250. The Bertz CT molecular complexity index is 1520. The van der Waals surface area contributed by atoms with E-state index in [-0.39, 0.29) is 18.8 Å². The highest BCUT2D eigenvalue weighted by Gasteiger charge is 2.78. The first kappa shape index (κ1) is 61.5. The largest absolute Gasteiger partial charge is 0.463 e. The van der Waals surface area contributed by atoms with Crippen molar-refractivity contribution < 1.29 is 127 Å². The molecule has 3 unspecified atom stereocenters. The monoisotopic (exact) mass is 996 g/mol. The number of rotatable bonds is 11. The molecule has 10 nitrogen and oxygen atoms in total. The Morgan fingerprint density at radius 2 is 0.862 bits per heavy atom. The number of ether oxygens (including phenoxy) is 4. The Kier molecular flexibility index (Phi) is 19.7. The number of carbonyl (C=O) groups is 4. The molecule has 0 bridgehead atoms. The summed E-state index contributed by atoms with van der Waals surface area (Å²) in [6.45, 7) is 13.6. The van der Waals surface area contributed by atoms with Crippen molar-refractivity contribution >= 4 is 23.9 Å². The fourth-order valence-corrected chi connectivity index (χ4v) is 5.50. The summed E-state index contributed by atoms with van der Waals surface area (Å²) in [5, 5.41) is 19.2. The number of alkyl halides is 18. The highest BCUT2D eigenvalue weighted by molar-refractivity contribution is 5.82. The molecule has 3 atom stereocenters. The van der Waals surface area contributed by atoms with Crippen LogP contribution in [-0.4, -0.2) is 107 Å².